The van der Waals surface area contributed by atoms with Gasteiger partial charge in [-0.25, -0.2) is 0 Å². The van der Waals surface area contributed by atoms with E-state index in [0.29, 0.717) is 17.9 Å². The van der Waals surface area contributed by atoms with E-state index in [-0.39, 0.29) is 6.10 Å². The SMILES string of the molecule is CCn1nc(C)c(Cl)c1CC1(O)CCCC(OC)C1. The van der Waals surface area contributed by atoms with E-state index >= 15 is 0 Å². The average molecular weight is 287 g/mol. The van der Waals surface area contributed by atoms with Gasteiger partial charge >= 0.3 is 0 Å². The number of ether oxygens (including phenoxy) is 1. The van der Waals surface area contributed by atoms with Crippen LogP contribution in [-0.4, -0.2) is 33.7 Å². The minimum Gasteiger partial charge on any atom is -0.389 e. The number of methoxy groups -OCH3 is 1. The van der Waals surface area contributed by atoms with E-state index in [1.165, 1.54) is 0 Å². The third-order valence-corrected chi connectivity index (χ3v) is 4.55. The van der Waals surface area contributed by atoms with Crippen molar-refractivity contribution in [2.45, 2.75) is 64.2 Å². The Morgan fingerprint density at radius 2 is 2.32 bits per heavy atom. The Morgan fingerprint density at radius 1 is 1.58 bits per heavy atom. The minimum absolute atomic E-state index is 0.150. The van der Waals surface area contributed by atoms with Gasteiger partial charge in [0.2, 0.25) is 0 Å². The number of hydrogen-bond acceptors (Lipinski definition) is 3. The standard InChI is InChI=1S/C14H23ClN2O2/c1-4-17-12(13(15)10(2)16-17)9-14(18)7-5-6-11(8-14)19-3/h11,18H,4-9H2,1-3H3. The van der Waals surface area contributed by atoms with Crippen LogP contribution in [0.15, 0.2) is 0 Å². The third-order valence-electron chi connectivity index (χ3n) is 4.06. The highest BCUT2D eigenvalue weighted by Crippen LogP contribution is 2.35. The Balaban J connectivity index is 2.20. The molecule has 0 aromatic carbocycles. The summed E-state index contributed by atoms with van der Waals surface area (Å²) in [6.07, 6.45) is 4.20. The van der Waals surface area contributed by atoms with Gasteiger partial charge in [0.25, 0.3) is 0 Å². The fraction of sp³-hybridized carbons (Fsp3) is 0.786. The maximum absolute atomic E-state index is 10.8. The fourth-order valence-corrected chi connectivity index (χ4v) is 3.20. The van der Waals surface area contributed by atoms with Crippen molar-refractivity contribution in [2.24, 2.45) is 0 Å². The van der Waals surface area contributed by atoms with Gasteiger partial charge in [0.15, 0.2) is 0 Å². The first-order chi connectivity index (χ1) is 8.99. The number of aromatic nitrogens is 2. The van der Waals surface area contributed by atoms with Crippen molar-refractivity contribution in [3.63, 3.8) is 0 Å². The number of halogens is 1. The normalized spacial score (nSPS) is 27.7. The molecular formula is C14H23ClN2O2. The molecule has 1 aliphatic rings. The van der Waals surface area contributed by atoms with Crippen molar-refractivity contribution >= 4 is 11.6 Å². The van der Waals surface area contributed by atoms with Crippen LogP contribution >= 0.6 is 11.6 Å². The third kappa shape index (κ3) is 3.12. The van der Waals surface area contributed by atoms with E-state index in [4.69, 9.17) is 16.3 Å². The van der Waals surface area contributed by atoms with Crippen LogP contribution < -0.4 is 0 Å². The zero-order valence-corrected chi connectivity index (χ0v) is 12.7. The van der Waals surface area contributed by atoms with Crippen LogP contribution in [0.3, 0.4) is 0 Å². The number of rotatable bonds is 4. The average Bonchev–Trinajstić information content (AvgIpc) is 2.66. The van der Waals surface area contributed by atoms with E-state index < -0.39 is 5.60 Å². The fourth-order valence-electron chi connectivity index (χ4n) is 3.00. The zero-order valence-electron chi connectivity index (χ0n) is 11.9. The summed E-state index contributed by atoms with van der Waals surface area (Å²) in [5, 5.41) is 15.9. The Hall–Kier alpha value is -0.580. The van der Waals surface area contributed by atoms with E-state index in [1.807, 2.05) is 18.5 Å². The minimum atomic E-state index is -0.720. The van der Waals surface area contributed by atoms with E-state index in [9.17, 15) is 5.11 Å². The maximum Gasteiger partial charge on any atom is 0.0848 e. The predicted molar refractivity (Wildman–Crippen MR) is 75.6 cm³/mol. The van der Waals surface area contributed by atoms with E-state index in [2.05, 4.69) is 5.10 Å². The topological polar surface area (TPSA) is 47.3 Å². The maximum atomic E-state index is 10.8. The predicted octanol–water partition coefficient (Wildman–Crippen LogP) is 2.73. The van der Waals surface area contributed by atoms with Crippen LogP contribution in [0.1, 0.15) is 44.0 Å². The lowest BCUT2D eigenvalue weighted by Gasteiger charge is -2.36. The summed E-state index contributed by atoms with van der Waals surface area (Å²) >= 11 is 6.32. The number of aryl methyl sites for hydroxylation is 2. The molecule has 0 amide bonds. The summed E-state index contributed by atoms with van der Waals surface area (Å²) < 4.78 is 7.30. The van der Waals surface area contributed by atoms with Gasteiger partial charge in [0.05, 0.1) is 28.1 Å². The molecule has 2 atom stereocenters. The van der Waals surface area contributed by atoms with Crippen molar-refractivity contribution in [2.75, 3.05) is 7.11 Å². The first kappa shape index (κ1) is 14.8. The molecule has 1 aromatic rings. The summed E-state index contributed by atoms with van der Waals surface area (Å²) in [4.78, 5) is 0. The summed E-state index contributed by atoms with van der Waals surface area (Å²) in [6, 6.07) is 0. The van der Waals surface area contributed by atoms with Crippen molar-refractivity contribution in [1.82, 2.24) is 9.78 Å². The molecule has 1 aliphatic carbocycles. The zero-order chi connectivity index (χ0) is 14.0. The summed E-state index contributed by atoms with van der Waals surface area (Å²) in [5.74, 6) is 0. The summed E-state index contributed by atoms with van der Waals surface area (Å²) in [5.41, 5.74) is 1.06. The Kier molecular flexibility index (Phi) is 4.54. The van der Waals surface area contributed by atoms with Gasteiger partial charge in [-0.15, -0.1) is 0 Å². The molecule has 108 valence electrons. The number of hydrogen-bond donors (Lipinski definition) is 1. The van der Waals surface area contributed by atoms with Gasteiger partial charge in [-0.2, -0.15) is 5.10 Å². The number of nitrogens with zero attached hydrogens (tertiary/aromatic N) is 2. The molecule has 19 heavy (non-hydrogen) atoms. The smallest absolute Gasteiger partial charge is 0.0848 e. The van der Waals surface area contributed by atoms with Gasteiger partial charge in [0.1, 0.15) is 0 Å². The quantitative estimate of drug-likeness (QED) is 0.926. The molecule has 0 bridgehead atoms. The van der Waals surface area contributed by atoms with Gasteiger partial charge in [-0.05, 0) is 33.1 Å². The second kappa shape index (κ2) is 5.81. The molecule has 1 heterocycles. The molecular weight excluding hydrogens is 264 g/mol. The Bertz CT molecular complexity index is 447. The molecule has 0 radical (unpaired) electrons. The van der Waals surface area contributed by atoms with Crippen LogP contribution in [0.25, 0.3) is 0 Å². The lowest BCUT2D eigenvalue weighted by atomic mass is 9.80. The van der Waals surface area contributed by atoms with Crippen LogP contribution in [0, 0.1) is 6.92 Å². The highest BCUT2D eigenvalue weighted by atomic mass is 35.5. The highest BCUT2D eigenvalue weighted by Gasteiger charge is 2.36. The lowest BCUT2D eigenvalue weighted by molar-refractivity contribution is -0.0590. The molecule has 1 saturated carbocycles. The molecule has 4 nitrogen and oxygen atoms in total. The van der Waals surface area contributed by atoms with Crippen LogP contribution in [-0.2, 0) is 17.7 Å². The molecule has 0 aliphatic heterocycles. The van der Waals surface area contributed by atoms with Gasteiger partial charge in [-0.3, -0.25) is 4.68 Å². The highest BCUT2D eigenvalue weighted by molar-refractivity contribution is 6.31. The molecule has 5 heteroatoms. The van der Waals surface area contributed by atoms with Gasteiger partial charge in [-0.1, -0.05) is 11.6 Å². The summed E-state index contributed by atoms with van der Waals surface area (Å²) in [7, 11) is 1.71. The van der Waals surface area contributed by atoms with Crippen LogP contribution in [0.5, 0.6) is 0 Å². The largest absolute Gasteiger partial charge is 0.389 e. The Morgan fingerprint density at radius 3 is 2.95 bits per heavy atom. The van der Waals surface area contributed by atoms with E-state index in [1.54, 1.807) is 7.11 Å². The number of aliphatic hydroxyl groups is 1. The molecule has 0 saturated heterocycles. The van der Waals surface area contributed by atoms with Crippen LogP contribution in [0.2, 0.25) is 5.02 Å². The van der Waals surface area contributed by atoms with Crippen molar-refractivity contribution < 1.29 is 9.84 Å². The van der Waals surface area contributed by atoms with Crippen molar-refractivity contribution in [3.05, 3.63) is 16.4 Å². The Labute approximate surface area is 119 Å². The monoisotopic (exact) mass is 286 g/mol. The molecule has 2 unspecified atom stereocenters. The molecule has 1 fully saturated rings. The van der Waals surface area contributed by atoms with Crippen LogP contribution in [0.4, 0.5) is 0 Å². The first-order valence-corrected chi connectivity index (χ1v) is 7.34. The van der Waals surface area contributed by atoms with E-state index in [0.717, 1.165) is 37.2 Å². The lowest BCUT2D eigenvalue weighted by Crippen LogP contribution is -2.40. The van der Waals surface area contributed by atoms with Crippen molar-refractivity contribution in [3.8, 4) is 0 Å². The van der Waals surface area contributed by atoms with Crippen molar-refractivity contribution in [1.29, 1.82) is 0 Å². The summed E-state index contributed by atoms with van der Waals surface area (Å²) in [6.45, 7) is 4.71. The molecule has 2 rings (SSSR count). The second-order valence-corrected chi connectivity index (χ2v) is 5.89. The van der Waals surface area contributed by atoms with Gasteiger partial charge in [0, 0.05) is 26.5 Å². The van der Waals surface area contributed by atoms with Gasteiger partial charge < -0.3 is 9.84 Å². The molecule has 1 aromatic heterocycles. The first-order valence-electron chi connectivity index (χ1n) is 6.96. The molecule has 0 spiro atoms. The second-order valence-electron chi connectivity index (χ2n) is 5.52. The molecule has 1 N–H and O–H groups in total.